The maximum absolute atomic E-state index is 12.8. The number of rotatable bonds is 6. The monoisotopic (exact) mass is 397 g/mol. The third-order valence-corrected chi connectivity index (χ3v) is 4.96. The molecule has 0 unspecified atom stereocenters. The van der Waals surface area contributed by atoms with E-state index in [0.717, 1.165) is 22.6 Å². The Morgan fingerprint density at radius 3 is 2.68 bits per heavy atom. The number of hydrogen-bond acceptors (Lipinski definition) is 3. The number of nitrogens with zero attached hydrogens (tertiary/aromatic N) is 3. The number of halogens is 1. The molecule has 0 fully saturated rings. The van der Waals surface area contributed by atoms with Crippen LogP contribution in [0.25, 0.3) is 0 Å². The first-order valence-corrected chi connectivity index (χ1v) is 9.44. The molecule has 6 heteroatoms. The molecule has 5 nitrogen and oxygen atoms in total. The minimum atomic E-state index is -0.0781. The lowest BCUT2D eigenvalue weighted by Gasteiger charge is -2.18. The number of amides is 1. The maximum atomic E-state index is 12.8. The van der Waals surface area contributed by atoms with Crippen LogP contribution in [0, 0.1) is 13.8 Å². The Morgan fingerprint density at radius 2 is 2.00 bits per heavy atom. The zero-order valence-electron chi connectivity index (χ0n) is 16.6. The van der Waals surface area contributed by atoms with Crippen LogP contribution in [0.3, 0.4) is 0 Å². The Hall–Kier alpha value is -2.79. The summed E-state index contributed by atoms with van der Waals surface area (Å²) in [6, 6.07) is 13.6. The number of ether oxygens (including phenoxy) is 1. The number of aryl methyl sites for hydroxylation is 3. The molecule has 3 rings (SSSR count). The van der Waals surface area contributed by atoms with Crippen LogP contribution in [0.2, 0.25) is 5.02 Å². The molecule has 3 aromatic rings. The minimum absolute atomic E-state index is 0.0781. The van der Waals surface area contributed by atoms with E-state index in [1.807, 2.05) is 50.4 Å². The molecule has 0 radical (unpaired) electrons. The van der Waals surface area contributed by atoms with Gasteiger partial charge in [0.25, 0.3) is 5.91 Å². The molecule has 0 saturated heterocycles. The summed E-state index contributed by atoms with van der Waals surface area (Å²) in [5.74, 6) is 0.774. The first-order chi connectivity index (χ1) is 13.3. The first-order valence-electron chi connectivity index (χ1n) is 9.06. The summed E-state index contributed by atoms with van der Waals surface area (Å²) in [5, 5.41) is 4.66. The fourth-order valence-electron chi connectivity index (χ4n) is 3.05. The number of carbonyl (C=O) groups is 1. The molecule has 0 bridgehead atoms. The Kier molecular flexibility index (Phi) is 6.05. The summed E-state index contributed by atoms with van der Waals surface area (Å²) < 4.78 is 7.62. The van der Waals surface area contributed by atoms with E-state index >= 15 is 0 Å². The smallest absolute Gasteiger partial charge is 0.253 e. The SMILES string of the molecule is Cc1ccc(OCc2cccc(C(=O)N(C)Cc3c(Cl)cnn3C)c2)c(C)c1. The minimum Gasteiger partial charge on any atom is -0.489 e. The van der Waals surface area contributed by atoms with Gasteiger partial charge in [0, 0.05) is 19.7 Å². The van der Waals surface area contributed by atoms with Crippen LogP contribution < -0.4 is 4.74 Å². The van der Waals surface area contributed by atoms with Crippen LogP contribution in [0.5, 0.6) is 5.75 Å². The molecule has 146 valence electrons. The molecule has 2 aromatic carbocycles. The highest BCUT2D eigenvalue weighted by Crippen LogP contribution is 2.21. The highest BCUT2D eigenvalue weighted by atomic mass is 35.5. The molecular weight excluding hydrogens is 374 g/mol. The molecule has 0 spiro atoms. The molecule has 0 saturated carbocycles. The molecule has 0 atom stereocenters. The van der Waals surface area contributed by atoms with E-state index in [1.165, 1.54) is 5.56 Å². The zero-order valence-corrected chi connectivity index (χ0v) is 17.3. The predicted molar refractivity (Wildman–Crippen MR) is 111 cm³/mol. The fraction of sp³-hybridized carbons (Fsp3) is 0.273. The van der Waals surface area contributed by atoms with Gasteiger partial charge in [-0.3, -0.25) is 9.48 Å². The first kappa shape index (κ1) is 20.0. The number of benzene rings is 2. The van der Waals surface area contributed by atoms with Crippen molar-refractivity contribution >= 4 is 17.5 Å². The number of aromatic nitrogens is 2. The van der Waals surface area contributed by atoms with Crippen molar-refractivity contribution in [1.29, 1.82) is 0 Å². The van der Waals surface area contributed by atoms with E-state index < -0.39 is 0 Å². The number of hydrogen-bond donors (Lipinski definition) is 0. The van der Waals surface area contributed by atoms with Gasteiger partial charge in [0.05, 0.1) is 23.5 Å². The van der Waals surface area contributed by atoms with E-state index in [1.54, 1.807) is 22.8 Å². The van der Waals surface area contributed by atoms with E-state index in [-0.39, 0.29) is 5.91 Å². The fourth-order valence-corrected chi connectivity index (χ4v) is 3.27. The largest absolute Gasteiger partial charge is 0.489 e. The van der Waals surface area contributed by atoms with Crippen molar-refractivity contribution in [3.05, 3.63) is 81.6 Å². The van der Waals surface area contributed by atoms with Crippen LogP contribution in [-0.4, -0.2) is 27.6 Å². The highest BCUT2D eigenvalue weighted by Gasteiger charge is 2.16. The van der Waals surface area contributed by atoms with Crippen LogP contribution in [0.1, 0.15) is 32.7 Å². The second-order valence-electron chi connectivity index (χ2n) is 6.98. The van der Waals surface area contributed by atoms with Gasteiger partial charge in [-0.1, -0.05) is 41.4 Å². The molecule has 0 aliphatic rings. The lowest BCUT2D eigenvalue weighted by molar-refractivity contribution is 0.0782. The molecule has 1 aromatic heterocycles. The lowest BCUT2D eigenvalue weighted by atomic mass is 10.1. The van der Waals surface area contributed by atoms with Gasteiger partial charge in [0.2, 0.25) is 0 Å². The van der Waals surface area contributed by atoms with Gasteiger partial charge in [-0.25, -0.2) is 0 Å². The topological polar surface area (TPSA) is 47.4 Å². The molecular formula is C22H24ClN3O2. The molecule has 0 aliphatic heterocycles. The van der Waals surface area contributed by atoms with Gasteiger partial charge in [-0.05, 0) is 43.2 Å². The standard InChI is InChI=1S/C22H24ClN3O2/c1-15-8-9-21(16(2)10-15)28-14-17-6-5-7-18(11-17)22(27)25(3)13-20-19(23)12-24-26(20)4/h5-12H,13-14H2,1-4H3. The summed E-state index contributed by atoms with van der Waals surface area (Å²) in [4.78, 5) is 14.5. The average Bonchev–Trinajstić information content (AvgIpc) is 2.99. The number of carbonyl (C=O) groups excluding carboxylic acids is 1. The van der Waals surface area contributed by atoms with Crippen molar-refractivity contribution in [3.8, 4) is 5.75 Å². The average molecular weight is 398 g/mol. The summed E-state index contributed by atoms with van der Waals surface area (Å²) in [7, 11) is 3.56. The van der Waals surface area contributed by atoms with Crippen LogP contribution in [0.15, 0.2) is 48.7 Å². The van der Waals surface area contributed by atoms with Crippen LogP contribution in [0.4, 0.5) is 0 Å². The van der Waals surface area contributed by atoms with Crippen molar-refractivity contribution in [3.63, 3.8) is 0 Å². The van der Waals surface area contributed by atoms with Gasteiger partial charge in [-0.15, -0.1) is 0 Å². The predicted octanol–water partition coefficient (Wildman–Crippen LogP) is 4.54. The molecule has 0 aliphatic carbocycles. The van der Waals surface area contributed by atoms with Crippen LogP contribution >= 0.6 is 11.6 Å². The van der Waals surface area contributed by atoms with Crippen molar-refractivity contribution in [2.75, 3.05) is 7.05 Å². The van der Waals surface area contributed by atoms with Crippen LogP contribution in [-0.2, 0) is 20.2 Å². The van der Waals surface area contributed by atoms with E-state index in [4.69, 9.17) is 16.3 Å². The quantitative estimate of drug-likeness (QED) is 0.613. The Bertz CT molecular complexity index is 978. The van der Waals surface area contributed by atoms with Gasteiger partial charge < -0.3 is 9.64 Å². The van der Waals surface area contributed by atoms with E-state index in [2.05, 4.69) is 18.1 Å². The van der Waals surface area contributed by atoms with Gasteiger partial charge in [0.1, 0.15) is 12.4 Å². The molecule has 0 N–H and O–H groups in total. The third-order valence-electron chi connectivity index (χ3n) is 4.64. The molecule has 1 heterocycles. The Labute approximate surface area is 170 Å². The van der Waals surface area contributed by atoms with E-state index in [9.17, 15) is 4.79 Å². The Morgan fingerprint density at radius 1 is 1.21 bits per heavy atom. The second-order valence-corrected chi connectivity index (χ2v) is 7.39. The highest BCUT2D eigenvalue weighted by molar-refractivity contribution is 6.31. The Balaban J connectivity index is 1.69. The summed E-state index contributed by atoms with van der Waals surface area (Å²) in [6.45, 7) is 4.88. The van der Waals surface area contributed by atoms with Gasteiger partial charge in [0.15, 0.2) is 0 Å². The normalized spacial score (nSPS) is 10.8. The maximum Gasteiger partial charge on any atom is 0.253 e. The summed E-state index contributed by atoms with van der Waals surface area (Å²) >= 11 is 6.15. The zero-order chi connectivity index (χ0) is 20.3. The van der Waals surface area contributed by atoms with Crippen molar-refractivity contribution < 1.29 is 9.53 Å². The second kappa shape index (κ2) is 8.48. The van der Waals surface area contributed by atoms with Crippen molar-refractivity contribution in [1.82, 2.24) is 14.7 Å². The summed E-state index contributed by atoms with van der Waals surface area (Å²) in [5.41, 5.74) is 4.65. The van der Waals surface area contributed by atoms with Crippen molar-refractivity contribution in [2.45, 2.75) is 27.0 Å². The van der Waals surface area contributed by atoms with Gasteiger partial charge in [-0.2, -0.15) is 5.10 Å². The molecule has 28 heavy (non-hydrogen) atoms. The van der Waals surface area contributed by atoms with Crippen molar-refractivity contribution in [2.24, 2.45) is 7.05 Å². The lowest BCUT2D eigenvalue weighted by Crippen LogP contribution is -2.27. The molecule has 1 amide bonds. The van der Waals surface area contributed by atoms with Gasteiger partial charge >= 0.3 is 0 Å². The summed E-state index contributed by atoms with van der Waals surface area (Å²) in [6.07, 6.45) is 1.58. The third kappa shape index (κ3) is 4.54. The van der Waals surface area contributed by atoms with E-state index in [0.29, 0.717) is 23.7 Å².